The van der Waals surface area contributed by atoms with Crippen LogP contribution in [-0.2, 0) is 28.6 Å². The molecule has 0 bridgehead atoms. The number of hydrogen-bond acceptors (Lipinski definition) is 10. The predicted octanol–water partition coefficient (Wildman–Crippen LogP) is 6.01. The van der Waals surface area contributed by atoms with Crippen LogP contribution in [0.5, 0.6) is 0 Å². The molecule has 0 aliphatic carbocycles. The maximum absolute atomic E-state index is 13.9. The third-order valence-corrected chi connectivity index (χ3v) is 10.3. The van der Waals surface area contributed by atoms with Crippen LogP contribution in [0.2, 0.25) is 0 Å². The van der Waals surface area contributed by atoms with Crippen molar-refractivity contribution in [2.75, 3.05) is 32.9 Å². The van der Waals surface area contributed by atoms with E-state index in [1.165, 1.54) is 11.8 Å². The Morgan fingerprint density at radius 1 is 1.02 bits per heavy atom. The Bertz CT molecular complexity index is 1250. The molecule has 242 valence electrons. The molecule has 12 heteroatoms. The molecule has 1 fully saturated rings. The SMILES string of the molecule is CC(C)(CC(C)(C(=O)OCCOC(=O)OCCN1CCCC1=O)C(C)(C)C(C)(C#N)CCC(=O)O)SC(=S)c1ccccc1. The predicted molar refractivity (Wildman–Crippen MR) is 171 cm³/mol. The highest BCUT2D eigenvalue weighted by molar-refractivity contribution is 8.24. The van der Waals surface area contributed by atoms with E-state index in [4.69, 9.17) is 26.4 Å². The molecule has 1 N–H and O–H groups in total. The summed E-state index contributed by atoms with van der Waals surface area (Å²) in [6.45, 7) is 11.3. The zero-order valence-corrected chi connectivity index (χ0v) is 28.1. The number of thiocarbonyl (C=S) groups is 1. The summed E-state index contributed by atoms with van der Waals surface area (Å²) in [5, 5.41) is 19.7. The van der Waals surface area contributed by atoms with E-state index in [2.05, 4.69) is 6.07 Å². The van der Waals surface area contributed by atoms with E-state index < -0.39 is 39.1 Å². The van der Waals surface area contributed by atoms with Gasteiger partial charge in [-0.1, -0.05) is 70.2 Å². The molecule has 2 unspecified atom stereocenters. The third kappa shape index (κ3) is 9.66. The van der Waals surface area contributed by atoms with Crippen LogP contribution in [0.1, 0.15) is 79.2 Å². The first-order valence-electron chi connectivity index (χ1n) is 14.6. The van der Waals surface area contributed by atoms with Crippen molar-refractivity contribution in [3.63, 3.8) is 0 Å². The van der Waals surface area contributed by atoms with E-state index in [1.54, 1.807) is 32.6 Å². The van der Waals surface area contributed by atoms with Crippen molar-refractivity contribution in [1.82, 2.24) is 4.90 Å². The maximum atomic E-state index is 13.9. The van der Waals surface area contributed by atoms with E-state index in [1.807, 2.05) is 44.2 Å². The van der Waals surface area contributed by atoms with Gasteiger partial charge in [0.15, 0.2) is 0 Å². The number of carboxylic acid groups (broad SMARTS) is 1. The summed E-state index contributed by atoms with van der Waals surface area (Å²) in [4.78, 5) is 50.7. The molecule has 1 heterocycles. The average molecular weight is 649 g/mol. The fourth-order valence-corrected chi connectivity index (χ4v) is 7.36. The molecule has 1 aliphatic rings. The number of aliphatic carboxylic acids is 1. The second-order valence-electron chi connectivity index (χ2n) is 12.6. The summed E-state index contributed by atoms with van der Waals surface area (Å²) in [5.41, 5.74) is -2.69. The molecule has 1 amide bonds. The third-order valence-electron chi connectivity index (χ3n) is 8.74. The summed E-state index contributed by atoms with van der Waals surface area (Å²) in [7, 11) is 0. The normalized spacial score (nSPS) is 16.3. The van der Waals surface area contributed by atoms with E-state index in [0.717, 1.165) is 12.0 Å². The van der Waals surface area contributed by atoms with Gasteiger partial charge in [0, 0.05) is 24.1 Å². The number of likely N-dealkylation sites (tertiary alicyclic amines) is 1. The first-order chi connectivity index (χ1) is 20.5. The lowest BCUT2D eigenvalue weighted by Gasteiger charge is -2.52. The van der Waals surface area contributed by atoms with Gasteiger partial charge >= 0.3 is 18.1 Å². The molecule has 0 aromatic heterocycles. The van der Waals surface area contributed by atoms with Crippen molar-refractivity contribution >= 4 is 52.2 Å². The topological polar surface area (TPSA) is 143 Å². The number of carbonyl (C=O) groups is 4. The van der Waals surface area contributed by atoms with Crippen LogP contribution in [-0.4, -0.2) is 75.9 Å². The largest absolute Gasteiger partial charge is 0.508 e. The van der Waals surface area contributed by atoms with E-state index in [0.29, 0.717) is 17.2 Å². The van der Waals surface area contributed by atoms with Gasteiger partial charge in [0.1, 0.15) is 19.8 Å². The van der Waals surface area contributed by atoms with E-state index >= 15 is 0 Å². The van der Waals surface area contributed by atoms with Gasteiger partial charge < -0.3 is 24.2 Å². The van der Waals surface area contributed by atoms with Gasteiger partial charge in [0.05, 0.1) is 27.6 Å². The number of benzene rings is 1. The minimum absolute atomic E-state index is 0.00268. The highest BCUT2D eigenvalue weighted by Gasteiger charge is 2.59. The Labute approximate surface area is 269 Å². The molecule has 2 atom stereocenters. The number of nitriles is 1. The highest BCUT2D eigenvalue weighted by Crippen LogP contribution is 2.58. The van der Waals surface area contributed by atoms with Crippen LogP contribution < -0.4 is 0 Å². The van der Waals surface area contributed by atoms with Gasteiger partial charge in [-0.15, -0.1) is 11.8 Å². The highest BCUT2D eigenvalue weighted by atomic mass is 32.2. The van der Waals surface area contributed by atoms with Crippen LogP contribution >= 0.6 is 24.0 Å². The molecule has 0 radical (unpaired) electrons. The number of esters is 1. The number of amides is 1. The van der Waals surface area contributed by atoms with Crippen LogP contribution in [0, 0.1) is 27.6 Å². The zero-order valence-electron chi connectivity index (χ0n) is 26.5. The van der Waals surface area contributed by atoms with Gasteiger partial charge in [-0.05, 0) is 44.1 Å². The fraction of sp³-hybridized carbons (Fsp3) is 0.625. The molecular formula is C32H44N2O8S2. The van der Waals surface area contributed by atoms with Crippen LogP contribution in [0.4, 0.5) is 4.79 Å². The van der Waals surface area contributed by atoms with Crippen molar-refractivity contribution in [2.24, 2.45) is 16.2 Å². The van der Waals surface area contributed by atoms with Crippen molar-refractivity contribution in [1.29, 1.82) is 5.26 Å². The number of nitrogens with zero attached hydrogens (tertiary/aromatic N) is 2. The van der Waals surface area contributed by atoms with Crippen LogP contribution in [0.25, 0.3) is 0 Å². The molecule has 44 heavy (non-hydrogen) atoms. The summed E-state index contributed by atoms with van der Waals surface area (Å²) < 4.78 is 15.8. The van der Waals surface area contributed by atoms with Gasteiger partial charge in [0.25, 0.3) is 0 Å². The number of ether oxygens (including phenoxy) is 3. The Morgan fingerprint density at radius 2 is 1.64 bits per heavy atom. The average Bonchev–Trinajstić information content (AvgIpc) is 3.37. The van der Waals surface area contributed by atoms with Crippen molar-refractivity contribution < 1.29 is 38.5 Å². The number of thioether (sulfide) groups is 1. The van der Waals surface area contributed by atoms with Crippen LogP contribution in [0.15, 0.2) is 30.3 Å². The lowest BCUT2D eigenvalue weighted by atomic mass is 9.51. The molecule has 1 saturated heterocycles. The molecule has 1 aliphatic heterocycles. The van der Waals surface area contributed by atoms with Crippen molar-refractivity contribution in [3.8, 4) is 6.07 Å². The van der Waals surface area contributed by atoms with Gasteiger partial charge in [-0.2, -0.15) is 5.26 Å². The molecule has 1 aromatic carbocycles. The number of hydrogen-bond donors (Lipinski definition) is 1. The minimum Gasteiger partial charge on any atom is -0.481 e. The molecular weight excluding hydrogens is 604 g/mol. The Hall–Kier alpha value is -3.17. The fourth-order valence-electron chi connectivity index (χ4n) is 5.43. The van der Waals surface area contributed by atoms with Crippen molar-refractivity contribution in [3.05, 3.63) is 35.9 Å². The van der Waals surface area contributed by atoms with Crippen molar-refractivity contribution in [2.45, 2.75) is 78.4 Å². The standard InChI is InChI=1S/C32H44N2O8S2/c1-29(2,44-26(43)23-11-8-7-9-12-23)21-32(6,30(3,4)31(5,22-33)15-14-25(36)37)27(38)40-19-20-42-28(39)41-18-17-34-16-10-13-24(34)35/h7-9,11-12H,10,13-21H2,1-6H3,(H,36,37). The lowest BCUT2D eigenvalue weighted by molar-refractivity contribution is -0.171. The quantitative estimate of drug-likeness (QED) is 0.128. The van der Waals surface area contributed by atoms with Crippen LogP contribution in [0.3, 0.4) is 0 Å². The first-order valence-corrected chi connectivity index (χ1v) is 15.9. The Balaban J connectivity index is 2.16. The maximum Gasteiger partial charge on any atom is 0.508 e. The molecule has 0 spiro atoms. The Morgan fingerprint density at radius 3 is 2.20 bits per heavy atom. The van der Waals surface area contributed by atoms with Gasteiger partial charge in [0.2, 0.25) is 5.91 Å². The van der Waals surface area contributed by atoms with E-state index in [9.17, 15) is 29.5 Å². The molecule has 2 rings (SSSR count). The lowest BCUT2D eigenvalue weighted by Crippen LogP contribution is -2.54. The second kappa shape index (κ2) is 15.7. The summed E-state index contributed by atoms with van der Waals surface area (Å²) in [6, 6.07) is 11.8. The summed E-state index contributed by atoms with van der Waals surface area (Å²) in [5.74, 6) is -1.62. The summed E-state index contributed by atoms with van der Waals surface area (Å²) in [6.07, 6.45) is 0.375. The van der Waals surface area contributed by atoms with E-state index in [-0.39, 0.29) is 51.5 Å². The first kappa shape index (κ1) is 37.0. The monoisotopic (exact) mass is 648 g/mol. The van der Waals surface area contributed by atoms with Gasteiger partial charge in [-0.3, -0.25) is 14.4 Å². The zero-order chi connectivity index (χ0) is 33.2. The number of carbonyl (C=O) groups excluding carboxylic acids is 3. The number of carboxylic acids is 1. The number of rotatable bonds is 16. The summed E-state index contributed by atoms with van der Waals surface area (Å²) >= 11 is 7.15. The molecule has 10 nitrogen and oxygen atoms in total. The smallest absolute Gasteiger partial charge is 0.481 e. The minimum atomic E-state index is -1.29. The van der Waals surface area contributed by atoms with Gasteiger partial charge in [-0.25, -0.2) is 4.79 Å². The molecule has 1 aromatic rings. The second-order valence-corrected chi connectivity index (χ2v) is 14.9. The Kier molecular flexibility index (Phi) is 13.2. The molecule has 0 saturated carbocycles.